The maximum Gasteiger partial charge on any atom is 0.146 e. The molecule has 0 heterocycles. The van der Waals surface area contributed by atoms with Crippen LogP contribution >= 0.6 is 0 Å². The van der Waals surface area contributed by atoms with Crippen molar-refractivity contribution in [3.8, 4) is 0 Å². The van der Waals surface area contributed by atoms with Gasteiger partial charge in [-0.1, -0.05) is 6.92 Å². The average Bonchev–Trinajstić information content (AvgIpc) is 2.03. The zero-order valence-electron chi connectivity index (χ0n) is 7.17. The van der Waals surface area contributed by atoms with Crippen molar-refractivity contribution < 1.29 is 14.2 Å². The average molecular weight is 161 g/mol. The molecule has 1 radical (unpaired) electrons. The van der Waals surface area contributed by atoms with Gasteiger partial charge in [0.1, 0.15) is 6.79 Å². The van der Waals surface area contributed by atoms with E-state index in [2.05, 4.69) is 13.8 Å². The molecule has 0 saturated heterocycles. The Bertz CT molecular complexity index is 58.4. The smallest absolute Gasteiger partial charge is 0.146 e. The van der Waals surface area contributed by atoms with Crippen molar-refractivity contribution in [3.05, 3.63) is 6.92 Å². The van der Waals surface area contributed by atoms with Crippen LogP contribution in [-0.4, -0.2) is 33.2 Å². The van der Waals surface area contributed by atoms with Gasteiger partial charge in [-0.25, -0.2) is 0 Å². The van der Waals surface area contributed by atoms with Crippen LogP contribution < -0.4 is 0 Å². The SMILES string of the molecule is [CH2]COCCOCOCCC. The van der Waals surface area contributed by atoms with Gasteiger partial charge in [-0.15, -0.1) is 0 Å². The summed E-state index contributed by atoms with van der Waals surface area (Å²) in [7, 11) is 0. The first-order valence-corrected chi connectivity index (χ1v) is 3.94. The van der Waals surface area contributed by atoms with Crippen LogP contribution in [0.5, 0.6) is 0 Å². The lowest BCUT2D eigenvalue weighted by molar-refractivity contribution is -0.0674. The first kappa shape index (κ1) is 10.9. The lowest BCUT2D eigenvalue weighted by Crippen LogP contribution is -2.07. The third-order valence-electron chi connectivity index (χ3n) is 1.03. The van der Waals surface area contributed by atoms with E-state index in [-0.39, 0.29) is 0 Å². The molecule has 0 aromatic rings. The highest BCUT2D eigenvalue weighted by Gasteiger charge is 1.86. The standard InChI is InChI=1S/C8H17O3/c1-3-5-10-8-11-7-6-9-4-2/h2-8H2,1H3. The van der Waals surface area contributed by atoms with Crippen molar-refractivity contribution in [2.24, 2.45) is 0 Å². The van der Waals surface area contributed by atoms with Gasteiger partial charge >= 0.3 is 0 Å². The topological polar surface area (TPSA) is 27.7 Å². The van der Waals surface area contributed by atoms with E-state index in [4.69, 9.17) is 14.2 Å². The van der Waals surface area contributed by atoms with Gasteiger partial charge in [0.15, 0.2) is 0 Å². The second kappa shape index (κ2) is 9.88. The van der Waals surface area contributed by atoms with E-state index in [0.29, 0.717) is 26.6 Å². The fourth-order valence-electron chi connectivity index (χ4n) is 0.541. The van der Waals surface area contributed by atoms with Crippen molar-refractivity contribution in [1.29, 1.82) is 0 Å². The molecule has 0 rings (SSSR count). The maximum absolute atomic E-state index is 5.07. The molecule has 0 aliphatic heterocycles. The van der Waals surface area contributed by atoms with Crippen LogP contribution in [0.15, 0.2) is 0 Å². The quantitative estimate of drug-likeness (QED) is 0.396. The van der Waals surface area contributed by atoms with Crippen LogP contribution in [0.2, 0.25) is 0 Å². The minimum Gasteiger partial charge on any atom is -0.379 e. The Balaban J connectivity index is 2.69. The van der Waals surface area contributed by atoms with Gasteiger partial charge in [-0.2, -0.15) is 0 Å². The Hall–Kier alpha value is -0.120. The molecule has 11 heavy (non-hydrogen) atoms. The highest BCUT2D eigenvalue weighted by molar-refractivity contribution is 4.31. The molecule has 0 spiro atoms. The molecule has 0 atom stereocenters. The molecule has 3 nitrogen and oxygen atoms in total. The third-order valence-corrected chi connectivity index (χ3v) is 1.03. The molecular weight excluding hydrogens is 144 g/mol. The van der Waals surface area contributed by atoms with Gasteiger partial charge in [0, 0.05) is 13.2 Å². The Morgan fingerprint density at radius 3 is 2.27 bits per heavy atom. The minimum atomic E-state index is 0.369. The predicted molar refractivity (Wildman–Crippen MR) is 43.2 cm³/mol. The van der Waals surface area contributed by atoms with Crippen LogP contribution in [-0.2, 0) is 14.2 Å². The summed E-state index contributed by atoms with van der Waals surface area (Å²) < 4.78 is 15.1. The van der Waals surface area contributed by atoms with Gasteiger partial charge in [-0.05, 0) is 13.3 Å². The van der Waals surface area contributed by atoms with Crippen molar-refractivity contribution in [3.63, 3.8) is 0 Å². The molecule has 0 fully saturated rings. The summed E-state index contributed by atoms with van der Waals surface area (Å²) in [5, 5.41) is 0. The Kier molecular flexibility index (Phi) is 9.77. The summed E-state index contributed by atoms with van der Waals surface area (Å²) in [4.78, 5) is 0. The number of rotatable bonds is 8. The molecule has 0 unspecified atom stereocenters. The first-order chi connectivity index (χ1) is 5.41. The Labute approximate surface area is 68.6 Å². The molecule has 0 N–H and O–H groups in total. The van der Waals surface area contributed by atoms with Crippen molar-refractivity contribution in [1.82, 2.24) is 0 Å². The first-order valence-electron chi connectivity index (χ1n) is 3.94. The van der Waals surface area contributed by atoms with E-state index in [1.165, 1.54) is 0 Å². The normalized spacial score (nSPS) is 10.4. The van der Waals surface area contributed by atoms with Crippen molar-refractivity contribution in [2.75, 3.05) is 33.2 Å². The Morgan fingerprint density at radius 2 is 1.64 bits per heavy atom. The van der Waals surface area contributed by atoms with E-state index in [0.717, 1.165) is 13.0 Å². The highest BCUT2D eigenvalue weighted by Crippen LogP contribution is 1.82. The summed E-state index contributed by atoms with van der Waals surface area (Å²) in [6.45, 7) is 8.39. The minimum absolute atomic E-state index is 0.369. The van der Waals surface area contributed by atoms with Gasteiger partial charge in [0.05, 0.1) is 13.2 Å². The zero-order valence-corrected chi connectivity index (χ0v) is 7.17. The summed E-state index contributed by atoms with van der Waals surface area (Å²) in [6.07, 6.45) is 1.03. The molecule has 67 valence electrons. The van der Waals surface area contributed by atoms with Gasteiger partial charge < -0.3 is 14.2 Å². The summed E-state index contributed by atoms with van der Waals surface area (Å²) in [6, 6.07) is 0. The molecule has 0 aliphatic carbocycles. The molecule has 0 aromatic heterocycles. The van der Waals surface area contributed by atoms with Crippen LogP contribution in [0.1, 0.15) is 13.3 Å². The van der Waals surface area contributed by atoms with Gasteiger partial charge in [0.25, 0.3) is 0 Å². The van der Waals surface area contributed by atoms with Crippen LogP contribution in [0.3, 0.4) is 0 Å². The number of ether oxygens (including phenoxy) is 3. The molecular formula is C8H17O3. The molecule has 3 heteroatoms. The number of hydrogen-bond acceptors (Lipinski definition) is 3. The van der Waals surface area contributed by atoms with E-state index < -0.39 is 0 Å². The van der Waals surface area contributed by atoms with Crippen molar-refractivity contribution in [2.45, 2.75) is 13.3 Å². The monoisotopic (exact) mass is 161 g/mol. The number of hydrogen-bond donors (Lipinski definition) is 0. The lowest BCUT2D eigenvalue weighted by Gasteiger charge is -2.03. The largest absolute Gasteiger partial charge is 0.379 e. The van der Waals surface area contributed by atoms with E-state index >= 15 is 0 Å². The van der Waals surface area contributed by atoms with E-state index in [1.54, 1.807) is 0 Å². The third kappa shape index (κ3) is 9.88. The fourth-order valence-corrected chi connectivity index (χ4v) is 0.541. The van der Waals surface area contributed by atoms with Crippen LogP contribution in [0.4, 0.5) is 0 Å². The second-order valence-corrected chi connectivity index (χ2v) is 2.05. The lowest BCUT2D eigenvalue weighted by atomic mass is 10.5. The molecule has 0 amide bonds. The summed E-state index contributed by atoms with van der Waals surface area (Å²) >= 11 is 0. The molecule has 0 aliphatic rings. The maximum atomic E-state index is 5.07. The predicted octanol–water partition coefficient (Wildman–Crippen LogP) is 1.24. The second-order valence-electron chi connectivity index (χ2n) is 2.05. The van der Waals surface area contributed by atoms with Crippen LogP contribution in [0, 0.1) is 6.92 Å². The summed E-state index contributed by atoms with van der Waals surface area (Å²) in [5.41, 5.74) is 0. The van der Waals surface area contributed by atoms with E-state index in [9.17, 15) is 0 Å². The molecule has 0 bridgehead atoms. The van der Waals surface area contributed by atoms with Gasteiger partial charge in [0.2, 0.25) is 0 Å². The van der Waals surface area contributed by atoms with Gasteiger partial charge in [-0.3, -0.25) is 0 Å². The van der Waals surface area contributed by atoms with E-state index in [1.807, 2.05) is 0 Å². The van der Waals surface area contributed by atoms with Crippen LogP contribution in [0.25, 0.3) is 0 Å². The van der Waals surface area contributed by atoms with Crippen molar-refractivity contribution >= 4 is 0 Å². The molecule has 0 aromatic carbocycles. The highest BCUT2D eigenvalue weighted by atomic mass is 16.7. The Morgan fingerprint density at radius 1 is 1.00 bits per heavy atom. The molecule has 0 saturated carbocycles. The summed E-state index contributed by atoms with van der Waals surface area (Å²) in [5.74, 6) is 0. The fraction of sp³-hybridized carbons (Fsp3) is 0.875. The zero-order chi connectivity index (χ0) is 8.36.